The number of likely N-dealkylation sites (N-methyl/N-ethyl adjacent to an activating group) is 2. The van der Waals surface area contributed by atoms with Crippen molar-refractivity contribution < 1.29 is 14.7 Å². The molecule has 0 N–H and O–H groups in total. The highest BCUT2D eigenvalue weighted by Crippen LogP contribution is 2.40. The topological polar surface area (TPSA) is 84.3 Å². The number of anilines is 1. The van der Waals surface area contributed by atoms with E-state index in [4.69, 9.17) is 4.67 Å². The molecule has 1 saturated heterocycles. The van der Waals surface area contributed by atoms with Gasteiger partial charge in [-0.15, -0.1) is 5.75 Å². The molecule has 0 aliphatic carbocycles. The zero-order valence-corrected chi connectivity index (χ0v) is 19.2. The molecule has 3 aliphatic rings. The third-order valence-corrected chi connectivity index (χ3v) is 6.41. The standard InChI is InChI=1S/C25H25N5O3/c1-14(2)17-12-18(15(3)11-20(17)31)30-19(16-9-7-6-8-10-16)13-29-21-22(26-24(29)30)27(4)25(33)28(5)23(21)32/h6-14,21H,1-5H3. The predicted molar refractivity (Wildman–Crippen MR) is 125 cm³/mol. The van der Waals surface area contributed by atoms with Gasteiger partial charge in [-0.05, 0) is 24.5 Å². The van der Waals surface area contributed by atoms with E-state index in [0.717, 1.165) is 27.4 Å². The van der Waals surface area contributed by atoms with Gasteiger partial charge in [-0.25, -0.2) is 24.2 Å². The van der Waals surface area contributed by atoms with E-state index in [0.29, 0.717) is 17.4 Å². The van der Waals surface area contributed by atoms with E-state index in [1.165, 1.54) is 11.9 Å². The maximum atomic E-state index is 13.1. The van der Waals surface area contributed by atoms with Gasteiger partial charge in [0.05, 0.1) is 18.9 Å². The summed E-state index contributed by atoms with van der Waals surface area (Å²) in [5.41, 5.74) is 4.15. The molecule has 3 amide bonds. The molecule has 2 aromatic rings. The lowest BCUT2D eigenvalue weighted by Crippen LogP contribution is -2.62. The SMILES string of the molecule is Cc1cc([O-])c(C(C)C)cc1N1C(c2ccccc2)=CN2C1=[N+]=C1C2C(=O)N(C)C(=O)N1C. The molecule has 0 spiro atoms. The number of aryl methyl sites for hydroxylation is 1. The number of benzene rings is 2. The summed E-state index contributed by atoms with van der Waals surface area (Å²) >= 11 is 0. The van der Waals surface area contributed by atoms with E-state index in [-0.39, 0.29) is 17.6 Å². The van der Waals surface area contributed by atoms with Crippen LogP contribution in [0.3, 0.4) is 0 Å². The van der Waals surface area contributed by atoms with Gasteiger partial charge in [0.2, 0.25) is 6.04 Å². The Balaban J connectivity index is 1.74. The summed E-state index contributed by atoms with van der Waals surface area (Å²) in [4.78, 5) is 31.9. The monoisotopic (exact) mass is 443 g/mol. The first-order valence-corrected chi connectivity index (χ1v) is 10.9. The Morgan fingerprint density at radius 1 is 1.03 bits per heavy atom. The van der Waals surface area contributed by atoms with Crippen molar-refractivity contribution in [3.8, 4) is 5.75 Å². The van der Waals surface area contributed by atoms with Crippen LogP contribution in [0.25, 0.3) is 5.70 Å². The first kappa shape index (κ1) is 20.8. The van der Waals surface area contributed by atoms with Crippen LogP contribution in [0.5, 0.6) is 5.75 Å². The Morgan fingerprint density at radius 3 is 2.39 bits per heavy atom. The third kappa shape index (κ3) is 2.95. The number of hydrogen-bond donors (Lipinski definition) is 0. The number of fused-ring (bicyclic) bond motifs is 3. The van der Waals surface area contributed by atoms with E-state index in [1.54, 1.807) is 13.1 Å². The first-order valence-electron chi connectivity index (χ1n) is 10.9. The first-order chi connectivity index (χ1) is 15.7. The van der Waals surface area contributed by atoms with Gasteiger partial charge in [0, 0.05) is 12.6 Å². The molecule has 1 fully saturated rings. The molecule has 1 unspecified atom stereocenters. The molecule has 2 aromatic carbocycles. The fourth-order valence-corrected chi connectivity index (χ4v) is 4.57. The van der Waals surface area contributed by atoms with Crippen LogP contribution in [0.1, 0.15) is 36.5 Å². The average Bonchev–Trinajstić information content (AvgIpc) is 3.33. The number of hydrogen-bond acceptors (Lipinski definition) is 5. The average molecular weight is 444 g/mol. The van der Waals surface area contributed by atoms with E-state index in [1.807, 2.05) is 73.2 Å². The third-order valence-electron chi connectivity index (χ3n) is 6.41. The molecule has 0 saturated carbocycles. The van der Waals surface area contributed by atoms with Crippen LogP contribution in [0.4, 0.5) is 10.5 Å². The molecule has 1 atom stereocenters. The van der Waals surface area contributed by atoms with E-state index in [9.17, 15) is 14.7 Å². The molecule has 3 heterocycles. The fourth-order valence-electron chi connectivity index (χ4n) is 4.57. The minimum absolute atomic E-state index is 0.00563. The van der Waals surface area contributed by atoms with Crippen molar-refractivity contribution in [3.63, 3.8) is 0 Å². The molecule has 0 aromatic heterocycles. The van der Waals surface area contributed by atoms with E-state index >= 15 is 0 Å². The molecule has 168 valence electrons. The summed E-state index contributed by atoms with van der Waals surface area (Å²) in [6, 6.07) is 12.3. The van der Waals surface area contributed by atoms with Crippen molar-refractivity contribution in [1.82, 2.24) is 19.4 Å². The van der Waals surface area contributed by atoms with Crippen LogP contribution in [-0.2, 0) is 4.79 Å². The highest BCUT2D eigenvalue weighted by Gasteiger charge is 2.58. The summed E-state index contributed by atoms with van der Waals surface area (Å²) in [6.45, 7) is 5.88. The number of nitrogens with zero attached hydrogens (tertiary/aromatic N) is 5. The van der Waals surface area contributed by atoms with E-state index in [2.05, 4.69) is 0 Å². The second-order valence-electron chi connectivity index (χ2n) is 8.87. The van der Waals surface area contributed by atoms with Gasteiger partial charge in [-0.1, -0.05) is 55.8 Å². The lowest BCUT2D eigenvalue weighted by Gasteiger charge is -2.30. The van der Waals surface area contributed by atoms with Crippen LogP contribution in [0, 0.1) is 6.92 Å². The molecular weight excluding hydrogens is 418 g/mol. The summed E-state index contributed by atoms with van der Waals surface area (Å²) in [7, 11) is 3.11. The normalized spacial score (nSPS) is 19.7. The summed E-state index contributed by atoms with van der Waals surface area (Å²) in [5, 5.41) is 12.6. The minimum atomic E-state index is -0.722. The number of rotatable bonds is 3. The second-order valence-corrected chi connectivity index (χ2v) is 8.87. The highest BCUT2D eigenvalue weighted by atomic mass is 16.3. The number of amidine groups is 1. The molecule has 5 rings (SSSR count). The Labute approximate surface area is 192 Å². The molecule has 8 heteroatoms. The molecule has 8 nitrogen and oxygen atoms in total. The van der Waals surface area contributed by atoms with Crippen LogP contribution in [-0.4, -0.2) is 58.6 Å². The number of amides is 3. The van der Waals surface area contributed by atoms with E-state index < -0.39 is 12.1 Å². The van der Waals surface area contributed by atoms with Crippen molar-refractivity contribution in [2.45, 2.75) is 32.7 Å². The summed E-state index contributed by atoms with van der Waals surface area (Å²) in [5.74, 6) is 0.668. The van der Waals surface area contributed by atoms with Crippen molar-refractivity contribution in [3.05, 3.63) is 65.4 Å². The highest BCUT2D eigenvalue weighted by molar-refractivity contribution is 6.27. The smallest absolute Gasteiger partial charge is 0.415 e. The molecule has 0 bridgehead atoms. The Bertz CT molecular complexity index is 1290. The van der Waals surface area contributed by atoms with Gasteiger partial charge in [-0.3, -0.25) is 9.69 Å². The quantitative estimate of drug-likeness (QED) is 0.678. The van der Waals surface area contributed by atoms with Gasteiger partial charge in [0.1, 0.15) is 5.70 Å². The Hall–Kier alpha value is -4.03. The number of imide groups is 1. The molecular formula is C25H25N5O3. The zero-order chi connectivity index (χ0) is 23.6. The minimum Gasteiger partial charge on any atom is -0.872 e. The lowest BCUT2D eigenvalue weighted by atomic mass is 9.98. The van der Waals surface area contributed by atoms with Crippen molar-refractivity contribution >= 4 is 35.1 Å². The molecule has 3 aliphatic heterocycles. The van der Waals surface area contributed by atoms with Gasteiger partial charge in [0.15, 0.2) is 0 Å². The lowest BCUT2D eigenvalue weighted by molar-refractivity contribution is -0.269. The number of carbonyl (C=O) groups is 2. The van der Waals surface area contributed by atoms with Crippen molar-refractivity contribution in [2.24, 2.45) is 0 Å². The molecule has 0 radical (unpaired) electrons. The fraction of sp³-hybridized carbons (Fsp3) is 0.280. The number of carbonyl (C=O) groups excluding carboxylic acids is 2. The van der Waals surface area contributed by atoms with Crippen molar-refractivity contribution in [1.29, 1.82) is 0 Å². The Morgan fingerprint density at radius 2 is 1.73 bits per heavy atom. The van der Waals surface area contributed by atoms with Gasteiger partial charge in [0.25, 0.3) is 5.91 Å². The number of urea groups is 1. The molecule has 33 heavy (non-hydrogen) atoms. The van der Waals surface area contributed by atoms with Crippen LogP contribution < -0.4 is 14.7 Å². The van der Waals surface area contributed by atoms with Crippen LogP contribution in [0.2, 0.25) is 0 Å². The maximum Gasteiger partial charge on any atom is 0.415 e. The summed E-state index contributed by atoms with van der Waals surface area (Å²) in [6.07, 6.45) is 1.90. The van der Waals surface area contributed by atoms with Gasteiger partial charge in [-0.2, -0.15) is 0 Å². The van der Waals surface area contributed by atoms with Crippen molar-refractivity contribution in [2.75, 3.05) is 19.0 Å². The number of guanidine groups is 1. The van der Waals surface area contributed by atoms with Crippen LogP contribution in [0.15, 0.2) is 48.7 Å². The summed E-state index contributed by atoms with van der Waals surface area (Å²) < 4.78 is 4.77. The largest absolute Gasteiger partial charge is 0.872 e. The van der Waals surface area contributed by atoms with Gasteiger partial charge >= 0.3 is 17.8 Å². The zero-order valence-electron chi connectivity index (χ0n) is 19.2. The predicted octanol–water partition coefficient (Wildman–Crippen LogP) is 2.04. The second kappa shape index (κ2) is 7.25. The maximum absolute atomic E-state index is 13.1. The van der Waals surface area contributed by atoms with Crippen LogP contribution >= 0.6 is 0 Å². The Kier molecular flexibility index (Phi) is 4.58. The van der Waals surface area contributed by atoms with Gasteiger partial charge < -0.3 is 5.11 Å².